The van der Waals surface area contributed by atoms with E-state index in [1.165, 1.54) is 20.2 Å². The van der Waals surface area contributed by atoms with Crippen LogP contribution in [0.4, 0.5) is 5.69 Å². The van der Waals surface area contributed by atoms with Crippen molar-refractivity contribution >= 4 is 50.2 Å². The average Bonchev–Trinajstić information content (AvgIpc) is 3.05. The number of fused-ring (bicyclic) bond motifs is 1. The molecule has 0 unspecified atom stereocenters. The second kappa shape index (κ2) is 8.70. The number of hydrogen-bond donors (Lipinski definition) is 1. The maximum atomic E-state index is 12.4. The summed E-state index contributed by atoms with van der Waals surface area (Å²) in [7, 11) is -0.829. The molecule has 8 nitrogen and oxygen atoms in total. The lowest BCUT2D eigenvalue weighted by Crippen LogP contribution is -2.24. The van der Waals surface area contributed by atoms with Crippen molar-refractivity contribution < 1.29 is 27.2 Å². The van der Waals surface area contributed by atoms with Gasteiger partial charge in [0, 0.05) is 30.7 Å². The Balaban J connectivity index is 1.71. The highest BCUT2D eigenvalue weighted by atomic mass is 35.5. The molecule has 1 heterocycles. The zero-order chi connectivity index (χ0) is 22.9. The normalized spacial score (nSPS) is 11.7. The Labute approximate surface area is 184 Å². The fourth-order valence-electron chi connectivity index (χ4n) is 2.95. The number of anilines is 1. The standard InChI is InChI=1S/C21H21ClN2O6S/c1-12-8-9-14(10-17(12)31(27,28)24(3)4)23-18(25)11-29-21(26)19-13(2)15-6-5-7-16(22)20(15)30-19/h5-10H,11H2,1-4H3,(H,23,25). The monoisotopic (exact) mass is 464 g/mol. The fourth-order valence-corrected chi connectivity index (χ4v) is 4.31. The minimum atomic E-state index is -3.68. The Kier molecular flexibility index (Phi) is 6.40. The predicted molar refractivity (Wildman–Crippen MR) is 117 cm³/mol. The number of nitrogens with zero attached hydrogens (tertiary/aromatic N) is 1. The third-order valence-corrected chi connectivity index (χ3v) is 6.92. The van der Waals surface area contributed by atoms with Gasteiger partial charge in [-0.05, 0) is 37.6 Å². The zero-order valence-corrected chi connectivity index (χ0v) is 18.9. The third kappa shape index (κ3) is 4.58. The number of carbonyl (C=O) groups is 2. The van der Waals surface area contributed by atoms with Gasteiger partial charge in [0.15, 0.2) is 12.2 Å². The highest BCUT2D eigenvalue weighted by Gasteiger charge is 2.22. The molecule has 31 heavy (non-hydrogen) atoms. The molecule has 0 aliphatic heterocycles. The number of hydrogen-bond acceptors (Lipinski definition) is 6. The average molecular weight is 465 g/mol. The van der Waals surface area contributed by atoms with E-state index in [9.17, 15) is 18.0 Å². The molecule has 0 bridgehead atoms. The van der Waals surface area contributed by atoms with Crippen LogP contribution in [0.25, 0.3) is 11.0 Å². The molecule has 1 aromatic heterocycles. The molecular formula is C21H21ClN2O6S. The molecule has 0 saturated heterocycles. The van der Waals surface area contributed by atoms with Crippen LogP contribution in [0.2, 0.25) is 5.02 Å². The fraction of sp³-hybridized carbons (Fsp3) is 0.238. The minimum Gasteiger partial charge on any atom is -0.450 e. The summed E-state index contributed by atoms with van der Waals surface area (Å²) in [5.74, 6) is -1.47. The first-order chi connectivity index (χ1) is 14.5. The van der Waals surface area contributed by atoms with Crippen LogP contribution >= 0.6 is 11.6 Å². The second-order valence-corrected chi connectivity index (χ2v) is 9.59. The number of ether oxygens (including phenoxy) is 1. The topological polar surface area (TPSA) is 106 Å². The number of nitrogens with one attached hydrogen (secondary N) is 1. The summed E-state index contributed by atoms with van der Waals surface area (Å²) in [5, 5.41) is 3.57. The van der Waals surface area contributed by atoms with Crippen LogP contribution in [0, 0.1) is 13.8 Å². The summed E-state index contributed by atoms with van der Waals surface area (Å²) in [6, 6.07) is 9.65. The van der Waals surface area contributed by atoms with Crippen LogP contribution in [0.15, 0.2) is 45.7 Å². The molecular weight excluding hydrogens is 444 g/mol. The molecule has 164 valence electrons. The number of aryl methyl sites for hydroxylation is 2. The quantitative estimate of drug-likeness (QED) is 0.557. The first-order valence-corrected chi connectivity index (χ1v) is 11.0. The molecule has 3 rings (SSSR count). The molecule has 1 amide bonds. The van der Waals surface area contributed by atoms with Gasteiger partial charge >= 0.3 is 5.97 Å². The number of para-hydroxylation sites is 1. The Morgan fingerprint density at radius 3 is 2.52 bits per heavy atom. The summed E-state index contributed by atoms with van der Waals surface area (Å²) < 4.78 is 36.5. The summed E-state index contributed by atoms with van der Waals surface area (Å²) in [5.41, 5.74) is 1.73. The number of carbonyl (C=O) groups excluding carboxylic acids is 2. The second-order valence-electron chi connectivity index (χ2n) is 7.06. The van der Waals surface area contributed by atoms with Gasteiger partial charge in [0.2, 0.25) is 15.8 Å². The van der Waals surface area contributed by atoms with E-state index in [4.69, 9.17) is 20.8 Å². The van der Waals surface area contributed by atoms with Gasteiger partial charge in [0.25, 0.3) is 5.91 Å². The minimum absolute atomic E-state index is 0.0365. The van der Waals surface area contributed by atoms with Gasteiger partial charge in [0.05, 0.1) is 9.92 Å². The molecule has 0 aliphatic rings. The summed E-state index contributed by atoms with van der Waals surface area (Å²) >= 11 is 6.08. The van der Waals surface area contributed by atoms with Crippen LogP contribution in [0.1, 0.15) is 21.7 Å². The molecule has 0 atom stereocenters. The van der Waals surface area contributed by atoms with Gasteiger partial charge in [0.1, 0.15) is 0 Å². The van der Waals surface area contributed by atoms with Crippen LogP contribution in [-0.2, 0) is 19.6 Å². The van der Waals surface area contributed by atoms with Crippen LogP contribution < -0.4 is 5.32 Å². The molecule has 3 aromatic rings. The molecule has 0 radical (unpaired) electrons. The zero-order valence-electron chi connectivity index (χ0n) is 17.4. The number of benzene rings is 2. The van der Waals surface area contributed by atoms with Gasteiger partial charge in [-0.15, -0.1) is 0 Å². The SMILES string of the molecule is Cc1ccc(NC(=O)COC(=O)c2oc3c(Cl)cccc3c2C)cc1S(=O)(=O)N(C)C. The Bertz CT molecular complexity index is 1280. The lowest BCUT2D eigenvalue weighted by atomic mass is 10.1. The highest BCUT2D eigenvalue weighted by molar-refractivity contribution is 7.89. The van der Waals surface area contributed by atoms with Crippen molar-refractivity contribution in [1.82, 2.24) is 4.31 Å². The maximum Gasteiger partial charge on any atom is 0.375 e. The largest absolute Gasteiger partial charge is 0.450 e. The van der Waals surface area contributed by atoms with Crippen LogP contribution in [0.3, 0.4) is 0 Å². The first-order valence-electron chi connectivity index (χ1n) is 9.20. The highest BCUT2D eigenvalue weighted by Crippen LogP contribution is 2.31. The number of esters is 1. The molecule has 0 spiro atoms. The van der Waals surface area contributed by atoms with Gasteiger partial charge in [-0.2, -0.15) is 0 Å². The van der Waals surface area contributed by atoms with Crippen molar-refractivity contribution in [2.75, 3.05) is 26.0 Å². The molecule has 0 saturated carbocycles. The van der Waals surface area contributed by atoms with Gasteiger partial charge in [-0.25, -0.2) is 17.5 Å². The Morgan fingerprint density at radius 1 is 1.16 bits per heavy atom. The van der Waals surface area contributed by atoms with Crippen molar-refractivity contribution in [3.8, 4) is 0 Å². The molecule has 1 N–H and O–H groups in total. The van der Waals surface area contributed by atoms with Crippen molar-refractivity contribution in [2.24, 2.45) is 0 Å². The van der Waals surface area contributed by atoms with Crippen molar-refractivity contribution in [3.05, 3.63) is 58.3 Å². The lowest BCUT2D eigenvalue weighted by Gasteiger charge is -2.15. The molecule has 10 heteroatoms. The number of sulfonamides is 1. The van der Waals surface area contributed by atoms with E-state index in [2.05, 4.69) is 5.32 Å². The summed E-state index contributed by atoms with van der Waals surface area (Å²) in [6.45, 7) is 2.77. The van der Waals surface area contributed by atoms with Crippen LogP contribution in [-0.4, -0.2) is 45.3 Å². The summed E-state index contributed by atoms with van der Waals surface area (Å²) in [4.78, 5) is 24.7. The van der Waals surface area contributed by atoms with Gasteiger partial charge in [-0.1, -0.05) is 29.8 Å². The van der Waals surface area contributed by atoms with Crippen LogP contribution in [0.5, 0.6) is 0 Å². The first kappa shape index (κ1) is 22.8. The van der Waals surface area contributed by atoms with E-state index in [1.807, 2.05) is 0 Å². The number of furan rings is 1. The van der Waals surface area contributed by atoms with E-state index >= 15 is 0 Å². The number of rotatable bonds is 6. The van der Waals surface area contributed by atoms with E-state index in [-0.39, 0.29) is 16.3 Å². The van der Waals surface area contributed by atoms with Crippen molar-refractivity contribution in [2.45, 2.75) is 18.7 Å². The van der Waals surface area contributed by atoms with E-state index in [0.717, 1.165) is 4.31 Å². The lowest BCUT2D eigenvalue weighted by molar-refractivity contribution is -0.119. The van der Waals surface area contributed by atoms with E-state index in [1.54, 1.807) is 44.2 Å². The Morgan fingerprint density at radius 2 is 1.87 bits per heavy atom. The smallest absolute Gasteiger partial charge is 0.375 e. The molecule has 0 fully saturated rings. The molecule has 2 aromatic carbocycles. The van der Waals surface area contributed by atoms with Gasteiger partial charge < -0.3 is 14.5 Å². The summed E-state index contributed by atoms with van der Waals surface area (Å²) in [6.07, 6.45) is 0. The maximum absolute atomic E-state index is 12.4. The molecule has 0 aliphatic carbocycles. The predicted octanol–water partition coefficient (Wildman–Crippen LogP) is 3.75. The third-order valence-electron chi connectivity index (χ3n) is 4.67. The number of amides is 1. The van der Waals surface area contributed by atoms with E-state index < -0.39 is 28.5 Å². The van der Waals surface area contributed by atoms with E-state index in [0.29, 0.717) is 27.1 Å². The Hall–Kier alpha value is -2.88. The van der Waals surface area contributed by atoms with Crippen molar-refractivity contribution in [1.29, 1.82) is 0 Å². The number of halogens is 1. The van der Waals surface area contributed by atoms with Gasteiger partial charge in [-0.3, -0.25) is 4.79 Å². The van der Waals surface area contributed by atoms with Crippen molar-refractivity contribution in [3.63, 3.8) is 0 Å².